The largest absolute Gasteiger partial charge is 0.338 e. The molecular formula is C13H17N3O2. The molecular weight excluding hydrogens is 230 g/mol. The highest BCUT2D eigenvalue weighted by atomic mass is 16.2. The molecule has 0 aromatic heterocycles. The quantitative estimate of drug-likeness (QED) is 0.765. The number of amides is 3. The number of aryl methyl sites for hydroxylation is 1. The summed E-state index contributed by atoms with van der Waals surface area (Å²) in [7, 11) is 0. The van der Waals surface area contributed by atoms with E-state index in [0.29, 0.717) is 19.4 Å². The van der Waals surface area contributed by atoms with Crippen LogP contribution in [0.25, 0.3) is 0 Å². The molecule has 3 amide bonds. The number of nitrogens with one attached hydrogen (secondary N) is 3. The van der Waals surface area contributed by atoms with Crippen LogP contribution in [-0.2, 0) is 11.2 Å². The molecule has 0 aliphatic carbocycles. The van der Waals surface area contributed by atoms with Crippen LogP contribution in [0, 0.1) is 0 Å². The summed E-state index contributed by atoms with van der Waals surface area (Å²) in [6, 6.07) is 5.31. The van der Waals surface area contributed by atoms with Crippen molar-refractivity contribution in [3.63, 3.8) is 0 Å². The average molecular weight is 247 g/mol. The molecule has 3 N–H and O–H groups in total. The Hall–Kier alpha value is -2.04. The van der Waals surface area contributed by atoms with Crippen LogP contribution in [0.5, 0.6) is 0 Å². The lowest BCUT2D eigenvalue weighted by atomic mass is 10.0. The zero-order valence-corrected chi connectivity index (χ0v) is 10.4. The third-order valence-electron chi connectivity index (χ3n) is 2.79. The van der Waals surface area contributed by atoms with E-state index in [1.165, 1.54) is 0 Å². The van der Waals surface area contributed by atoms with Gasteiger partial charge in [-0.25, -0.2) is 4.79 Å². The Morgan fingerprint density at radius 1 is 1.39 bits per heavy atom. The summed E-state index contributed by atoms with van der Waals surface area (Å²) in [6.07, 6.45) is 2.12. The van der Waals surface area contributed by atoms with E-state index in [9.17, 15) is 9.59 Å². The van der Waals surface area contributed by atoms with Crippen molar-refractivity contribution in [1.82, 2.24) is 5.32 Å². The number of rotatable bonds is 3. The van der Waals surface area contributed by atoms with Crippen LogP contribution in [0.2, 0.25) is 0 Å². The fourth-order valence-corrected chi connectivity index (χ4v) is 1.87. The van der Waals surface area contributed by atoms with Crippen molar-refractivity contribution < 1.29 is 9.59 Å². The summed E-state index contributed by atoms with van der Waals surface area (Å²) in [5.41, 5.74) is 2.65. The van der Waals surface area contributed by atoms with Gasteiger partial charge in [0.15, 0.2) is 0 Å². The van der Waals surface area contributed by atoms with E-state index in [0.717, 1.165) is 23.4 Å². The van der Waals surface area contributed by atoms with E-state index >= 15 is 0 Å². The summed E-state index contributed by atoms with van der Waals surface area (Å²) < 4.78 is 0. The van der Waals surface area contributed by atoms with Gasteiger partial charge in [-0.2, -0.15) is 0 Å². The normalized spacial score (nSPS) is 13.5. The maximum absolute atomic E-state index is 11.5. The Balaban J connectivity index is 2.03. The molecule has 96 valence electrons. The summed E-state index contributed by atoms with van der Waals surface area (Å²) in [4.78, 5) is 22.7. The Morgan fingerprint density at radius 2 is 2.22 bits per heavy atom. The first-order chi connectivity index (χ1) is 8.69. The van der Waals surface area contributed by atoms with Gasteiger partial charge in [-0.05, 0) is 36.6 Å². The third-order valence-corrected chi connectivity index (χ3v) is 2.79. The van der Waals surface area contributed by atoms with Crippen molar-refractivity contribution in [2.75, 3.05) is 17.2 Å². The number of hydrogen-bond donors (Lipinski definition) is 3. The van der Waals surface area contributed by atoms with Gasteiger partial charge in [-0.1, -0.05) is 6.92 Å². The van der Waals surface area contributed by atoms with Crippen LogP contribution in [0.4, 0.5) is 16.2 Å². The number of carbonyl (C=O) groups is 2. The van der Waals surface area contributed by atoms with Crippen LogP contribution in [0.1, 0.15) is 25.3 Å². The van der Waals surface area contributed by atoms with Gasteiger partial charge in [0, 0.05) is 24.3 Å². The second-order valence-corrected chi connectivity index (χ2v) is 4.30. The van der Waals surface area contributed by atoms with Crippen molar-refractivity contribution in [3.05, 3.63) is 23.8 Å². The van der Waals surface area contributed by atoms with Gasteiger partial charge in [0.05, 0.1) is 0 Å². The highest BCUT2D eigenvalue weighted by Gasteiger charge is 2.15. The van der Waals surface area contributed by atoms with Gasteiger partial charge >= 0.3 is 6.03 Å². The summed E-state index contributed by atoms with van der Waals surface area (Å²) in [5.74, 6) is 0.0453. The number of hydrogen-bond acceptors (Lipinski definition) is 2. The third kappa shape index (κ3) is 3.00. The molecule has 5 nitrogen and oxygen atoms in total. The van der Waals surface area contributed by atoms with E-state index in [1.807, 2.05) is 19.1 Å². The smallest absolute Gasteiger partial charge is 0.319 e. The zero-order chi connectivity index (χ0) is 13.0. The molecule has 5 heteroatoms. The van der Waals surface area contributed by atoms with Gasteiger partial charge in [0.1, 0.15) is 0 Å². The minimum atomic E-state index is -0.198. The molecule has 1 aliphatic rings. The number of anilines is 2. The van der Waals surface area contributed by atoms with Gasteiger partial charge in [-0.3, -0.25) is 4.79 Å². The SMILES string of the molecule is CCCNC(=O)Nc1ccc2c(c1)CCC(=O)N2. The molecule has 1 aromatic carbocycles. The van der Waals surface area contributed by atoms with Crippen LogP contribution in [0.3, 0.4) is 0 Å². The number of urea groups is 1. The number of benzene rings is 1. The number of fused-ring (bicyclic) bond motifs is 1. The van der Waals surface area contributed by atoms with E-state index in [-0.39, 0.29) is 11.9 Å². The van der Waals surface area contributed by atoms with Crippen LogP contribution < -0.4 is 16.0 Å². The molecule has 1 aliphatic heterocycles. The lowest BCUT2D eigenvalue weighted by Crippen LogP contribution is -2.29. The predicted octanol–water partition coefficient (Wildman–Crippen LogP) is 2.10. The molecule has 0 unspecified atom stereocenters. The fraction of sp³-hybridized carbons (Fsp3) is 0.385. The first-order valence-corrected chi connectivity index (χ1v) is 6.16. The molecule has 0 saturated heterocycles. The second kappa shape index (κ2) is 5.53. The van der Waals surface area contributed by atoms with Gasteiger partial charge in [-0.15, -0.1) is 0 Å². The van der Waals surface area contributed by atoms with Crippen LogP contribution in [0.15, 0.2) is 18.2 Å². The summed E-state index contributed by atoms with van der Waals surface area (Å²) in [6.45, 7) is 2.66. The minimum Gasteiger partial charge on any atom is -0.338 e. The molecule has 0 fully saturated rings. The fourth-order valence-electron chi connectivity index (χ4n) is 1.87. The maximum atomic E-state index is 11.5. The molecule has 0 spiro atoms. The second-order valence-electron chi connectivity index (χ2n) is 4.30. The van der Waals surface area contributed by atoms with Gasteiger partial charge in [0.2, 0.25) is 5.91 Å². The molecule has 0 bridgehead atoms. The van der Waals surface area contributed by atoms with Gasteiger partial charge in [0.25, 0.3) is 0 Å². The van der Waals surface area contributed by atoms with Crippen LogP contribution >= 0.6 is 0 Å². The highest BCUT2D eigenvalue weighted by Crippen LogP contribution is 2.25. The highest BCUT2D eigenvalue weighted by molar-refractivity contribution is 5.95. The molecule has 0 atom stereocenters. The van der Waals surface area contributed by atoms with Crippen molar-refractivity contribution in [3.8, 4) is 0 Å². The van der Waals surface area contributed by atoms with Crippen molar-refractivity contribution >= 4 is 23.3 Å². The Kier molecular flexibility index (Phi) is 3.82. The van der Waals surface area contributed by atoms with Crippen molar-refractivity contribution in [2.24, 2.45) is 0 Å². The monoisotopic (exact) mass is 247 g/mol. The lowest BCUT2D eigenvalue weighted by Gasteiger charge is -2.17. The molecule has 1 aromatic rings. The van der Waals surface area contributed by atoms with E-state index in [4.69, 9.17) is 0 Å². The first-order valence-electron chi connectivity index (χ1n) is 6.16. The standard InChI is InChI=1S/C13H17N3O2/c1-2-7-14-13(18)15-10-4-5-11-9(8-10)3-6-12(17)16-11/h4-5,8H,2-3,6-7H2,1H3,(H,16,17)(H2,14,15,18). The zero-order valence-electron chi connectivity index (χ0n) is 10.4. The van der Waals surface area contributed by atoms with E-state index < -0.39 is 0 Å². The Labute approximate surface area is 106 Å². The minimum absolute atomic E-state index is 0.0453. The average Bonchev–Trinajstić information content (AvgIpc) is 2.36. The van der Waals surface area contributed by atoms with Crippen LogP contribution in [-0.4, -0.2) is 18.5 Å². The maximum Gasteiger partial charge on any atom is 0.319 e. The number of carbonyl (C=O) groups excluding carboxylic acids is 2. The van der Waals surface area contributed by atoms with E-state index in [2.05, 4.69) is 16.0 Å². The van der Waals surface area contributed by atoms with Crippen molar-refractivity contribution in [2.45, 2.75) is 26.2 Å². The molecule has 2 rings (SSSR count). The first kappa shape index (κ1) is 12.4. The van der Waals surface area contributed by atoms with Gasteiger partial charge < -0.3 is 16.0 Å². The lowest BCUT2D eigenvalue weighted by molar-refractivity contribution is -0.116. The molecule has 18 heavy (non-hydrogen) atoms. The topological polar surface area (TPSA) is 70.2 Å². The molecule has 0 radical (unpaired) electrons. The summed E-state index contributed by atoms with van der Waals surface area (Å²) in [5, 5.41) is 8.33. The Bertz CT molecular complexity index is 471. The summed E-state index contributed by atoms with van der Waals surface area (Å²) >= 11 is 0. The predicted molar refractivity (Wildman–Crippen MR) is 70.7 cm³/mol. The molecule has 0 saturated carbocycles. The van der Waals surface area contributed by atoms with Crippen molar-refractivity contribution in [1.29, 1.82) is 0 Å². The Morgan fingerprint density at radius 3 is 3.00 bits per heavy atom. The van der Waals surface area contributed by atoms with E-state index in [1.54, 1.807) is 6.07 Å². The molecule has 1 heterocycles.